The number of aryl methyl sites for hydroxylation is 1. The Balaban J connectivity index is 2.49. The molecular weight excluding hydrogens is 244 g/mol. The maximum Gasteiger partial charge on any atom is 0.358 e. The molecule has 0 saturated carbocycles. The van der Waals surface area contributed by atoms with Gasteiger partial charge < -0.3 is 14.0 Å². The molecule has 19 heavy (non-hydrogen) atoms. The third-order valence-corrected chi connectivity index (χ3v) is 2.98. The summed E-state index contributed by atoms with van der Waals surface area (Å²) in [5.41, 5.74) is 2.03. The van der Waals surface area contributed by atoms with Gasteiger partial charge in [0.1, 0.15) is 11.6 Å². The molecule has 0 unspecified atom stereocenters. The van der Waals surface area contributed by atoms with E-state index in [2.05, 4.69) is 4.98 Å². The van der Waals surface area contributed by atoms with E-state index in [4.69, 9.17) is 9.47 Å². The molecule has 0 aliphatic rings. The summed E-state index contributed by atoms with van der Waals surface area (Å²) >= 11 is 0. The van der Waals surface area contributed by atoms with Gasteiger partial charge in [0.2, 0.25) is 0 Å². The van der Waals surface area contributed by atoms with Crippen molar-refractivity contribution in [2.24, 2.45) is 0 Å². The van der Waals surface area contributed by atoms with E-state index in [1.165, 1.54) is 7.11 Å². The second-order valence-electron chi connectivity index (χ2n) is 4.12. The Morgan fingerprint density at radius 2 is 1.79 bits per heavy atom. The van der Waals surface area contributed by atoms with E-state index in [0.717, 1.165) is 23.0 Å². The van der Waals surface area contributed by atoms with E-state index < -0.39 is 5.97 Å². The summed E-state index contributed by atoms with van der Waals surface area (Å²) in [4.78, 5) is 15.9. The van der Waals surface area contributed by atoms with Crippen LogP contribution in [0.4, 0.5) is 0 Å². The molecule has 2 aromatic rings. The summed E-state index contributed by atoms with van der Waals surface area (Å²) in [6, 6.07) is 7.57. The summed E-state index contributed by atoms with van der Waals surface area (Å²) in [5, 5.41) is 0. The van der Waals surface area contributed by atoms with Gasteiger partial charge in [-0.2, -0.15) is 0 Å². The first-order chi connectivity index (χ1) is 9.08. The molecule has 0 atom stereocenters. The van der Waals surface area contributed by atoms with Crippen molar-refractivity contribution in [3.8, 4) is 11.4 Å². The van der Waals surface area contributed by atoms with Gasteiger partial charge in [0.05, 0.1) is 19.9 Å². The van der Waals surface area contributed by atoms with Crippen molar-refractivity contribution in [2.45, 2.75) is 13.8 Å². The number of aromatic nitrogens is 2. The van der Waals surface area contributed by atoms with E-state index >= 15 is 0 Å². The number of rotatable bonds is 3. The van der Waals surface area contributed by atoms with E-state index in [9.17, 15) is 4.79 Å². The Kier molecular flexibility index (Phi) is 3.55. The molecule has 1 aromatic heterocycles. The molecule has 2 rings (SSSR count). The Morgan fingerprint density at radius 1 is 1.16 bits per heavy atom. The number of ether oxygens (including phenoxy) is 2. The third-order valence-electron chi connectivity index (χ3n) is 2.98. The molecule has 0 N–H and O–H groups in total. The fraction of sp³-hybridized carbons (Fsp3) is 0.286. The van der Waals surface area contributed by atoms with Crippen LogP contribution in [0.3, 0.4) is 0 Å². The lowest BCUT2D eigenvalue weighted by Crippen LogP contribution is -2.05. The highest BCUT2D eigenvalue weighted by atomic mass is 16.5. The number of hydrogen-bond acceptors (Lipinski definition) is 4. The second-order valence-corrected chi connectivity index (χ2v) is 4.12. The van der Waals surface area contributed by atoms with Crippen LogP contribution < -0.4 is 4.74 Å². The molecule has 0 aliphatic carbocycles. The SMILES string of the molecule is COC(=O)c1nc(C)n(-c2ccc(OC)cc2)c1C. The molecule has 5 nitrogen and oxygen atoms in total. The van der Waals surface area contributed by atoms with Crippen molar-refractivity contribution in [1.29, 1.82) is 0 Å². The normalized spacial score (nSPS) is 10.3. The summed E-state index contributed by atoms with van der Waals surface area (Å²) in [5.74, 6) is 1.10. The van der Waals surface area contributed by atoms with Crippen molar-refractivity contribution >= 4 is 5.97 Å². The molecule has 0 fully saturated rings. The van der Waals surface area contributed by atoms with E-state index in [0.29, 0.717) is 5.69 Å². The number of nitrogens with zero attached hydrogens (tertiary/aromatic N) is 2. The van der Waals surface area contributed by atoms with Crippen LogP contribution in [-0.4, -0.2) is 29.7 Å². The zero-order valence-corrected chi connectivity index (χ0v) is 11.4. The maximum absolute atomic E-state index is 11.6. The highest BCUT2D eigenvalue weighted by molar-refractivity contribution is 5.88. The number of imidazole rings is 1. The first-order valence-corrected chi connectivity index (χ1v) is 5.87. The fourth-order valence-corrected chi connectivity index (χ4v) is 2.04. The Labute approximate surface area is 111 Å². The molecule has 0 spiro atoms. The third kappa shape index (κ3) is 2.31. The summed E-state index contributed by atoms with van der Waals surface area (Å²) < 4.78 is 11.8. The van der Waals surface area contributed by atoms with Gasteiger partial charge in [-0.3, -0.25) is 0 Å². The van der Waals surface area contributed by atoms with E-state index in [1.54, 1.807) is 7.11 Å². The number of carbonyl (C=O) groups is 1. The molecule has 100 valence electrons. The van der Waals surface area contributed by atoms with E-state index in [-0.39, 0.29) is 0 Å². The predicted molar refractivity (Wildman–Crippen MR) is 70.9 cm³/mol. The molecule has 1 heterocycles. The van der Waals surface area contributed by atoms with E-state index in [1.807, 2.05) is 42.7 Å². The van der Waals surface area contributed by atoms with Crippen molar-refractivity contribution in [3.05, 3.63) is 41.5 Å². The minimum absolute atomic E-state index is 0.343. The number of methoxy groups -OCH3 is 2. The molecule has 0 amide bonds. The number of carbonyl (C=O) groups excluding carboxylic acids is 1. The van der Waals surface area contributed by atoms with Crippen molar-refractivity contribution in [2.75, 3.05) is 14.2 Å². The Morgan fingerprint density at radius 3 is 2.32 bits per heavy atom. The topological polar surface area (TPSA) is 53.3 Å². The maximum atomic E-state index is 11.6. The lowest BCUT2D eigenvalue weighted by molar-refractivity contribution is 0.0593. The standard InChI is InChI=1S/C14H16N2O3/c1-9-13(14(17)19-4)15-10(2)16(9)11-5-7-12(18-3)8-6-11/h5-8H,1-4H3. The molecular formula is C14H16N2O3. The van der Waals surface area contributed by atoms with Gasteiger partial charge >= 0.3 is 5.97 Å². The largest absolute Gasteiger partial charge is 0.497 e. The van der Waals surface area contributed by atoms with Gasteiger partial charge in [0.15, 0.2) is 5.69 Å². The molecule has 0 bridgehead atoms. The zero-order chi connectivity index (χ0) is 14.0. The average Bonchev–Trinajstić information content (AvgIpc) is 2.73. The van der Waals surface area contributed by atoms with Crippen LogP contribution in [-0.2, 0) is 4.74 Å². The highest BCUT2D eigenvalue weighted by Crippen LogP contribution is 2.20. The molecule has 1 aromatic carbocycles. The van der Waals surface area contributed by atoms with Crippen LogP contribution >= 0.6 is 0 Å². The number of benzene rings is 1. The van der Waals surface area contributed by atoms with Gasteiger partial charge in [-0.1, -0.05) is 0 Å². The van der Waals surface area contributed by atoms with Gasteiger partial charge in [-0.05, 0) is 38.1 Å². The van der Waals surface area contributed by atoms with Crippen LogP contribution in [0, 0.1) is 13.8 Å². The van der Waals surface area contributed by atoms with Gasteiger partial charge in [0.25, 0.3) is 0 Å². The summed E-state index contributed by atoms with van der Waals surface area (Å²) in [7, 11) is 2.97. The van der Waals surface area contributed by atoms with Gasteiger partial charge in [0, 0.05) is 5.69 Å². The molecule has 0 saturated heterocycles. The Hall–Kier alpha value is -2.30. The van der Waals surface area contributed by atoms with Gasteiger partial charge in [-0.15, -0.1) is 0 Å². The van der Waals surface area contributed by atoms with Crippen LogP contribution in [0.2, 0.25) is 0 Å². The average molecular weight is 260 g/mol. The summed E-state index contributed by atoms with van der Waals surface area (Å²) in [6.07, 6.45) is 0. The molecule has 0 aliphatic heterocycles. The first-order valence-electron chi connectivity index (χ1n) is 5.87. The van der Waals surface area contributed by atoms with Crippen molar-refractivity contribution < 1.29 is 14.3 Å². The lowest BCUT2D eigenvalue weighted by Gasteiger charge is -2.08. The minimum atomic E-state index is -0.423. The van der Waals surface area contributed by atoms with Crippen LogP contribution in [0.25, 0.3) is 5.69 Å². The van der Waals surface area contributed by atoms with Crippen LogP contribution in [0.1, 0.15) is 22.0 Å². The monoisotopic (exact) mass is 260 g/mol. The van der Waals surface area contributed by atoms with Gasteiger partial charge in [-0.25, -0.2) is 9.78 Å². The second kappa shape index (κ2) is 5.14. The fourth-order valence-electron chi connectivity index (χ4n) is 2.04. The van der Waals surface area contributed by atoms with Crippen molar-refractivity contribution in [1.82, 2.24) is 9.55 Å². The number of esters is 1. The minimum Gasteiger partial charge on any atom is -0.497 e. The number of hydrogen-bond donors (Lipinski definition) is 0. The first kappa shape index (κ1) is 13.1. The van der Waals surface area contributed by atoms with Crippen molar-refractivity contribution in [3.63, 3.8) is 0 Å². The zero-order valence-electron chi connectivity index (χ0n) is 11.4. The Bertz CT molecular complexity index is 600. The summed E-state index contributed by atoms with van der Waals surface area (Å²) in [6.45, 7) is 3.69. The lowest BCUT2D eigenvalue weighted by atomic mass is 10.2. The predicted octanol–water partition coefficient (Wildman–Crippen LogP) is 2.28. The van der Waals surface area contributed by atoms with Crippen LogP contribution in [0.15, 0.2) is 24.3 Å². The highest BCUT2D eigenvalue weighted by Gasteiger charge is 2.18. The quantitative estimate of drug-likeness (QED) is 0.794. The van der Waals surface area contributed by atoms with Crippen LogP contribution in [0.5, 0.6) is 5.75 Å². The molecule has 0 radical (unpaired) electrons. The molecule has 5 heteroatoms. The smallest absolute Gasteiger partial charge is 0.358 e.